The molecule has 6 heterocycles. The van der Waals surface area contributed by atoms with Crippen molar-refractivity contribution in [2.24, 2.45) is 0 Å². The number of hydrogen-bond donors (Lipinski definition) is 0. The highest BCUT2D eigenvalue weighted by atomic mass is 15.0. The maximum Gasteiger partial charge on any atom is 0.164 e. The molecule has 0 aliphatic heterocycles. The molecular weight excluding hydrogens is 917 g/mol. The van der Waals surface area contributed by atoms with Crippen molar-refractivity contribution in [3.05, 3.63) is 255 Å². The zero-order valence-electron chi connectivity index (χ0n) is 40.3. The number of pyridine rings is 2. The fourth-order valence-corrected chi connectivity index (χ4v) is 11.4. The third-order valence-electron chi connectivity index (χ3n) is 14.7. The lowest BCUT2D eigenvalue weighted by Crippen LogP contribution is -2.04. The maximum absolute atomic E-state index is 5.24. The van der Waals surface area contributed by atoms with Gasteiger partial charge in [-0.25, -0.2) is 15.0 Å². The summed E-state index contributed by atoms with van der Waals surface area (Å²) < 4.78 is 7.32. The van der Waals surface area contributed by atoms with E-state index in [1.807, 2.05) is 24.3 Å². The van der Waals surface area contributed by atoms with Crippen LogP contribution < -0.4 is 0 Å². The first-order chi connectivity index (χ1) is 37.2. The molecule has 0 fully saturated rings. The van der Waals surface area contributed by atoms with Gasteiger partial charge in [-0.3, -0.25) is 9.97 Å². The van der Waals surface area contributed by atoms with E-state index >= 15 is 0 Å². The van der Waals surface area contributed by atoms with Gasteiger partial charge in [0, 0.05) is 96.3 Å². The van der Waals surface area contributed by atoms with E-state index in [1.165, 1.54) is 43.6 Å². The van der Waals surface area contributed by atoms with Crippen LogP contribution in [-0.2, 0) is 0 Å². The highest BCUT2D eigenvalue weighted by molar-refractivity contribution is 6.15. The fourth-order valence-electron chi connectivity index (χ4n) is 11.4. The Labute approximate surface area is 430 Å². The van der Waals surface area contributed by atoms with Crippen LogP contribution in [0, 0.1) is 0 Å². The van der Waals surface area contributed by atoms with E-state index in [0.29, 0.717) is 17.5 Å². The molecule has 15 aromatic rings. The van der Waals surface area contributed by atoms with Gasteiger partial charge >= 0.3 is 0 Å². The van der Waals surface area contributed by atoms with Gasteiger partial charge < -0.3 is 13.7 Å². The molecular formula is C67H42N8. The van der Waals surface area contributed by atoms with Gasteiger partial charge in [0.05, 0.1) is 38.8 Å². The molecule has 8 heteroatoms. The van der Waals surface area contributed by atoms with Crippen molar-refractivity contribution in [1.29, 1.82) is 0 Å². The Hall–Kier alpha value is -10.3. The van der Waals surface area contributed by atoms with Gasteiger partial charge in [0.25, 0.3) is 0 Å². The monoisotopic (exact) mass is 958 g/mol. The van der Waals surface area contributed by atoms with Crippen LogP contribution in [0.15, 0.2) is 255 Å². The average molecular weight is 959 g/mol. The van der Waals surface area contributed by atoms with E-state index in [0.717, 1.165) is 77.8 Å². The lowest BCUT2D eigenvalue weighted by Gasteiger charge is -2.21. The van der Waals surface area contributed by atoms with Gasteiger partial charge in [-0.15, -0.1) is 0 Å². The molecule has 0 amide bonds. The molecule has 0 spiro atoms. The van der Waals surface area contributed by atoms with Crippen LogP contribution in [0.1, 0.15) is 0 Å². The van der Waals surface area contributed by atoms with E-state index in [9.17, 15) is 0 Å². The Kier molecular flexibility index (Phi) is 9.71. The Morgan fingerprint density at radius 1 is 0.240 bits per heavy atom. The quantitative estimate of drug-likeness (QED) is 0.152. The summed E-state index contributed by atoms with van der Waals surface area (Å²) in [4.78, 5) is 24.1. The van der Waals surface area contributed by atoms with Crippen LogP contribution in [0.4, 0.5) is 0 Å². The third-order valence-corrected chi connectivity index (χ3v) is 14.7. The summed E-state index contributed by atoms with van der Waals surface area (Å²) in [5.41, 5.74) is 16.8. The molecule has 0 bridgehead atoms. The minimum atomic E-state index is 0.554. The zero-order chi connectivity index (χ0) is 49.4. The van der Waals surface area contributed by atoms with E-state index in [1.54, 1.807) is 24.8 Å². The van der Waals surface area contributed by atoms with Crippen LogP contribution in [0.5, 0.6) is 0 Å². The Morgan fingerprint density at radius 3 is 0.960 bits per heavy atom. The third kappa shape index (κ3) is 6.88. The number of hydrogen-bond acceptors (Lipinski definition) is 5. The van der Waals surface area contributed by atoms with Crippen LogP contribution in [-0.4, -0.2) is 38.6 Å². The van der Waals surface area contributed by atoms with E-state index in [4.69, 9.17) is 15.0 Å². The molecule has 6 aromatic heterocycles. The molecule has 75 heavy (non-hydrogen) atoms. The molecule has 0 aliphatic rings. The summed E-state index contributed by atoms with van der Waals surface area (Å²) >= 11 is 0. The summed E-state index contributed by atoms with van der Waals surface area (Å²) in [5, 5.41) is 7.17. The average Bonchev–Trinajstić information content (AvgIpc) is 4.13. The minimum Gasteiger partial charge on any atom is -0.309 e. The number of fused-ring (bicyclic) bond motifs is 9. The first kappa shape index (κ1) is 42.4. The van der Waals surface area contributed by atoms with Crippen molar-refractivity contribution in [1.82, 2.24) is 38.6 Å². The molecule has 0 unspecified atom stereocenters. The highest BCUT2D eigenvalue weighted by Crippen LogP contribution is 2.46. The van der Waals surface area contributed by atoms with Gasteiger partial charge in [0.1, 0.15) is 0 Å². The number of rotatable bonds is 8. The van der Waals surface area contributed by atoms with Gasteiger partial charge in [0.15, 0.2) is 17.5 Å². The normalized spacial score (nSPS) is 11.7. The van der Waals surface area contributed by atoms with E-state index in [-0.39, 0.29) is 0 Å². The van der Waals surface area contributed by atoms with Crippen LogP contribution in [0.3, 0.4) is 0 Å². The summed E-state index contributed by atoms with van der Waals surface area (Å²) in [7, 11) is 0. The summed E-state index contributed by atoms with van der Waals surface area (Å²) in [6.45, 7) is 0. The van der Waals surface area contributed by atoms with Crippen LogP contribution >= 0.6 is 0 Å². The Morgan fingerprint density at radius 2 is 0.573 bits per heavy atom. The topological polar surface area (TPSA) is 79.2 Å². The summed E-state index contributed by atoms with van der Waals surface area (Å²) in [5.74, 6) is 1.67. The lowest BCUT2D eigenvalue weighted by atomic mass is 9.92. The van der Waals surface area contributed by atoms with Crippen molar-refractivity contribution < 1.29 is 0 Å². The predicted octanol–water partition coefficient (Wildman–Crippen LogP) is 16.3. The molecule has 0 saturated heterocycles. The maximum atomic E-state index is 5.24. The predicted molar refractivity (Wildman–Crippen MR) is 306 cm³/mol. The molecule has 0 aliphatic carbocycles. The van der Waals surface area contributed by atoms with Gasteiger partial charge in [-0.1, -0.05) is 133 Å². The largest absolute Gasteiger partial charge is 0.309 e. The highest BCUT2D eigenvalue weighted by Gasteiger charge is 2.25. The molecule has 8 nitrogen and oxygen atoms in total. The molecule has 15 rings (SSSR count). The lowest BCUT2D eigenvalue weighted by molar-refractivity contribution is 1.07. The van der Waals surface area contributed by atoms with Crippen molar-refractivity contribution >= 4 is 65.4 Å². The Bertz CT molecular complexity index is 4300. The van der Waals surface area contributed by atoms with Crippen LogP contribution in [0.25, 0.3) is 139 Å². The number of aromatic nitrogens is 8. The molecule has 0 radical (unpaired) electrons. The first-order valence-corrected chi connectivity index (χ1v) is 25.1. The van der Waals surface area contributed by atoms with Crippen molar-refractivity contribution in [3.8, 4) is 73.5 Å². The Balaban J connectivity index is 1.05. The minimum absolute atomic E-state index is 0.554. The summed E-state index contributed by atoms with van der Waals surface area (Å²) in [6, 6.07) is 82.6. The van der Waals surface area contributed by atoms with Gasteiger partial charge in [0.2, 0.25) is 0 Å². The first-order valence-electron chi connectivity index (χ1n) is 25.1. The van der Waals surface area contributed by atoms with Gasteiger partial charge in [-0.2, -0.15) is 0 Å². The molecule has 0 N–H and O–H groups in total. The second-order valence-corrected chi connectivity index (χ2v) is 18.9. The van der Waals surface area contributed by atoms with Crippen molar-refractivity contribution in [2.45, 2.75) is 0 Å². The van der Waals surface area contributed by atoms with Crippen molar-refractivity contribution in [2.75, 3.05) is 0 Å². The molecule has 0 atom stereocenters. The SMILES string of the molecule is c1ccc(-c2cc(-c3nc(-c4ccncc4)nc(-c4ccncc4)n3)cc(-c3ccccc3)c2-n2c3ccc(-n4c5ccccc5c5ccccc54)cc3c3cc(-n4c5ccccc5c5ccccc54)ccc32)cc1. The number of nitrogens with zero attached hydrogens (tertiary/aromatic N) is 8. The summed E-state index contributed by atoms with van der Waals surface area (Å²) in [6.07, 6.45) is 7.07. The second-order valence-electron chi connectivity index (χ2n) is 18.9. The zero-order valence-corrected chi connectivity index (χ0v) is 40.3. The van der Waals surface area contributed by atoms with E-state index in [2.05, 4.69) is 230 Å². The van der Waals surface area contributed by atoms with Crippen LogP contribution in [0.2, 0.25) is 0 Å². The second kappa shape index (κ2) is 17.2. The molecule has 350 valence electrons. The van der Waals surface area contributed by atoms with Crippen molar-refractivity contribution in [3.63, 3.8) is 0 Å². The standard InChI is InChI=1S/C67H42N8/c1-3-15-43(16-4-1)54-39-47(67-71-65(45-31-35-68-36-32-45)70-66(72-67)46-33-37-69-38-34-46)40-55(44-17-5-2-6-18-44)64(54)75-62-29-27-48(73-58-23-11-7-19-50(58)51-20-8-12-24-59(51)73)41-56(62)57-42-49(28-30-63(57)75)74-60-25-13-9-21-52(60)53-22-10-14-26-61(53)74/h1-42H. The van der Waals surface area contributed by atoms with Gasteiger partial charge in [-0.05, 0) is 108 Å². The molecule has 9 aromatic carbocycles. The fraction of sp³-hybridized carbons (Fsp3) is 0. The number of benzene rings is 9. The molecule has 0 saturated carbocycles. The smallest absolute Gasteiger partial charge is 0.164 e. The number of para-hydroxylation sites is 4. The van der Waals surface area contributed by atoms with E-state index < -0.39 is 0 Å².